The van der Waals surface area contributed by atoms with Crippen LogP contribution in [0.15, 0.2) is 24.3 Å². The number of nitriles is 1. The molecule has 1 aromatic rings. The molecule has 0 aliphatic heterocycles. The van der Waals surface area contributed by atoms with Gasteiger partial charge in [-0.05, 0) is 25.6 Å². The molecule has 0 spiro atoms. The molecule has 0 radical (unpaired) electrons. The van der Waals surface area contributed by atoms with Gasteiger partial charge in [0, 0.05) is 6.54 Å². The zero-order chi connectivity index (χ0) is 13.1. The summed E-state index contributed by atoms with van der Waals surface area (Å²) < 4.78 is 37.4. The molecule has 1 unspecified atom stereocenters. The Kier molecular flexibility index (Phi) is 4.13. The molecule has 1 aromatic carbocycles. The summed E-state index contributed by atoms with van der Waals surface area (Å²) in [6.07, 6.45) is -4.32. The minimum Gasteiger partial charge on any atom is -0.287 e. The minimum absolute atomic E-state index is 0.318. The lowest BCUT2D eigenvalue weighted by Gasteiger charge is -2.19. The van der Waals surface area contributed by atoms with Gasteiger partial charge in [0.1, 0.15) is 0 Å². The first-order valence-electron chi connectivity index (χ1n) is 5.10. The third kappa shape index (κ3) is 3.75. The van der Waals surface area contributed by atoms with Crippen molar-refractivity contribution in [3.05, 3.63) is 35.4 Å². The van der Waals surface area contributed by atoms with Crippen LogP contribution in [-0.4, -0.2) is 18.0 Å². The van der Waals surface area contributed by atoms with Gasteiger partial charge in [0.25, 0.3) is 0 Å². The molecular formula is C12H13F3N2. The molecule has 0 heterocycles. The van der Waals surface area contributed by atoms with Crippen LogP contribution < -0.4 is 0 Å². The average Bonchev–Trinajstić information content (AvgIpc) is 2.27. The van der Waals surface area contributed by atoms with Crippen LogP contribution in [0.4, 0.5) is 13.2 Å². The second-order valence-corrected chi connectivity index (χ2v) is 3.92. The zero-order valence-corrected chi connectivity index (χ0v) is 9.62. The smallest absolute Gasteiger partial charge is 0.287 e. The highest BCUT2D eigenvalue weighted by Gasteiger charge is 2.30. The van der Waals surface area contributed by atoms with Gasteiger partial charge in [-0.15, -0.1) is 0 Å². The normalized spacial score (nSPS) is 13.5. The third-order valence-electron chi connectivity index (χ3n) is 2.53. The highest BCUT2D eigenvalue weighted by molar-refractivity contribution is 5.25. The monoisotopic (exact) mass is 242 g/mol. The van der Waals surface area contributed by atoms with E-state index in [1.807, 2.05) is 6.07 Å². The molecule has 0 aromatic heterocycles. The number of hydrogen-bond donors (Lipinski definition) is 0. The fourth-order valence-corrected chi connectivity index (χ4v) is 1.37. The highest BCUT2D eigenvalue weighted by atomic mass is 19.4. The summed E-state index contributed by atoms with van der Waals surface area (Å²) >= 11 is 0. The van der Waals surface area contributed by atoms with Gasteiger partial charge in [-0.2, -0.15) is 18.4 Å². The second-order valence-electron chi connectivity index (χ2n) is 3.92. The fourth-order valence-electron chi connectivity index (χ4n) is 1.37. The van der Waals surface area contributed by atoms with E-state index in [-0.39, 0.29) is 6.04 Å². The molecule has 1 rings (SSSR count). The van der Waals surface area contributed by atoms with Crippen molar-refractivity contribution in [1.82, 2.24) is 4.90 Å². The number of rotatable bonds is 3. The first-order valence-corrected chi connectivity index (χ1v) is 5.10. The van der Waals surface area contributed by atoms with Gasteiger partial charge in [0.05, 0.1) is 17.7 Å². The van der Waals surface area contributed by atoms with Crippen molar-refractivity contribution in [2.45, 2.75) is 25.7 Å². The number of halogens is 3. The molecular weight excluding hydrogens is 229 g/mol. The molecule has 92 valence electrons. The van der Waals surface area contributed by atoms with Gasteiger partial charge in [-0.1, -0.05) is 18.2 Å². The summed E-state index contributed by atoms with van der Waals surface area (Å²) in [6, 6.07) is 6.85. The summed E-state index contributed by atoms with van der Waals surface area (Å²) in [7, 11) is 1.70. The molecule has 0 saturated carbocycles. The Bertz CT molecular complexity index is 420. The quantitative estimate of drug-likeness (QED) is 0.814. The van der Waals surface area contributed by atoms with Crippen molar-refractivity contribution < 1.29 is 13.2 Å². The predicted molar refractivity (Wildman–Crippen MR) is 58.0 cm³/mol. The molecule has 0 bridgehead atoms. The largest absolute Gasteiger partial charge is 0.416 e. The van der Waals surface area contributed by atoms with Crippen molar-refractivity contribution in [1.29, 1.82) is 5.26 Å². The lowest BCUT2D eigenvalue weighted by molar-refractivity contribution is -0.137. The van der Waals surface area contributed by atoms with Gasteiger partial charge >= 0.3 is 6.18 Å². The van der Waals surface area contributed by atoms with E-state index in [4.69, 9.17) is 5.26 Å². The van der Waals surface area contributed by atoms with E-state index in [2.05, 4.69) is 0 Å². The Hall–Kier alpha value is -1.54. The summed E-state index contributed by atoms with van der Waals surface area (Å²) in [5.74, 6) is 0. The SMILES string of the molecule is CC(C#N)N(C)Cc1cccc(C(F)(F)F)c1. The van der Waals surface area contributed by atoms with E-state index in [0.717, 1.165) is 12.1 Å². The van der Waals surface area contributed by atoms with Crippen molar-refractivity contribution >= 4 is 0 Å². The van der Waals surface area contributed by atoms with Gasteiger partial charge in [0.15, 0.2) is 0 Å². The van der Waals surface area contributed by atoms with Crippen LogP contribution >= 0.6 is 0 Å². The number of alkyl halides is 3. The molecule has 0 aliphatic rings. The lowest BCUT2D eigenvalue weighted by atomic mass is 10.1. The Morgan fingerprint density at radius 3 is 2.59 bits per heavy atom. The predicted octanol–water partition coefficient (Wildman–Crippen LogP) is 3.05. The Labute approximate surface area is 98.3 Å². The average molecular weight is 242 g/mol. The van der Waals surface area contributed by atoms with Crippen LogP contribution in [0.3, 0.4) is 0 Å². The van der Waals surface area contributed by atoms with Crippen LogP contribution in [0.5, 0.6) is 0 Å². The summed E-state index contributed by atoms with van der Waals surface area (Å²) in [4.78, 5) is 1.69. The molecule has 0 saturated heterocycles. The second kappa shape index (κ2) is 5.19. The standard InChI is InChI=1S/C12H13F3N2/c1-9(7-16)17(2)8-10-4-3-5-11(6-10)12(13,14)15/h3-6,9H,8H2,1-2H3. The van der Waals surface area contributed by atoms with E-state index in [9.17, 15) is 13.2 Å². The maximum Gasteiger partial charge on any atom is 0.416 e. The highest BCUT2D eigenvalue weighted by Crippen LogP contribution is 2.29. The van der Waals surface area contributed by atoms with E-state index >= 15 is 0 Å². The van der Waals surface area contributed by atoms with Crippen molar-refractivity contribution in [3.8, 4) is 6.07 Å². The number of nitrogens with zero attached hydrogens (tertiary/aromatic N) is 2. The van der Waals surface area contributed by atoms with Crippen LogP contribution in [0.25, 0.3) is 0 Å². The Morgan fingerprint density at radius 2 is 2.06 bits per heavy atom. The minimum atomic E-state index is -4.32. The Morgan fingerprint density at radius 1 is 1.41 bits per heavy atom. The summed E-state index contributed by atoms with van der Waals surface area (Å²) in [5, 5.41) is 8.70. The first kappa shape index (κ1) is 13.5. The molecule has 2 nitrogen and oxygen atoms in total. The van der Waals surface area contributed by atoms with Crippen LogP contribution in [0.1, 0.15) is 18.1 Å². The topological polar surface area (TPSA) is 27.0 Å². The van der Waals surface area contributed by atoms with Crippen molar-refractivity contribution in [2.75, 3.05) is 7.05 Å². The van der Waals surface area contributed by atoms with Gasteiger partial charge in [-0.25, -0.2) is 0 Å². The molecule has 1 atom stereocenters. The van der Waals surface area contributed by atoms with E-state index in [0.29, 0.717) is 12.1 Å². The lowest BCUT2D eigenvalue weighted by Crippen LogP contribution is -2.27. The zero-order valence-electron chi connectivity index (χ0n) is 9.62. The number of hydrogen-bond acceptors (Lipinski definition) is 2. The molecule has 0 N–H and O–H groups in total. The molecule has 5 heteroatoms. The maximum absolute atomic E-state index is 12.5. The summed E-state index contributed by atoms with van der Waals surface area (Å²) in [6.45, 7) is 2.02. The van der Waals surface area contributed by atoms with Crippen LogP contribution in [-0.2, 0) is 12.7 Å². The van der Waals surface area contributed by atoms with E-state index in [1.54, 1.807) is 24.9 Å². The van der Waals surface area contributed by atoms with E-state index in [1.165, 1.54) is 6.07 Å². The third-order valence-corrected chi connectivity index (χ3v) is 2.53. The van der Waals surface area contributed by atoms with Gasteiger partial charge < -0.3 is 0 Å². The first-order chi connectivity index (χ1) is 7.84. The van der Waals surface area contributed by atoms with Crippen LogP contribution in [0.2, 0.25) is 0 Å². The van der Waals surface area contributed by atoms with Gasteiger partial charge in [0.2, 0.25) is 0 Å². The van der Waals surface area contributed by atoms with E-state index < -0.39 is 11.7 Å². The molecule has 0 amide bonds. The van der Waals surface area contributed by atoms with Crippen molar-refractivity contribution in [3.63, 3.8) is 0 Å². The van der Waals surface area contributed by atoms with Crippen LogP contribution in [0, 0.1) is 11.3 Å². The number of benzene rings is 1. The van der Waals surface area contributed by atoms with Crippen molar-refractivity contribution in [2.24, 2.45) is 0 Å². The molecule has 0 aliphatic carbocycles. The van der Waals surface area contributed by atoms with Gasteiger partial charge in [-0.3, -0.25) is 4.90 Å². The molecule has 17 heavy (non-hydrogen) atoms. The fraction of sp³-hybridized carbons (Fsp3) is 0.417. The maximum atomic E-state index is 12.5. The summed E-state index contributed by atoms with van der Waals surface area (Å²) in [5.41, 5.74) is -0.113. The Balaban J connectivity index is 2.84. The molecule has 0 fully saturated rings.